The molecule has 0 fully saturated rings. The van der Waals surface area contributed by atoms with Crippen molar-refractivity contribution in [2.24, 2.45) is 0 Å². The maximum Gasteiger partial charge on any atom is 0.244 e. The maximum absolute atomic E-state index is 12.1. The Morgan fingerprint density at radius 3 is 2.73 bits per heavy atom. The van der Waals surface area contributed by atoms with Crippen molar-refractivity contribution in [2.45, 2.75) is 6.42 Å². The molecule has 3 rings (SSSR count). The molecule has 1 N–H and O–H groups in total. The van der Waals surface area contributed by atoms with Crippen molar-refractivity contribution in [1.29, 1.82) is 0 Å². The first-order chi connectivity index (χ1) is 14.7. The summed E-state index contributed by atoms with van der Waals surface area (Å²) in [6.45, 7) is 4.59. The topological polar surface area (TPSA) is 65.4 Å². The predicted octanol–water partition coefficient (Wildman–Crippen LogP) is 3.82. The van der Waals surface area contributed by atoms with Gasteiger partial charge in [-0.05, 0) is 54.0 Å². The lowest BCUT2D eigenvalue weighted by molar-refractivity contribution is -0.116. The van der Waals surface area contributed by atoms with Gasteiger partial charge in [0.25, 0.3) is 0 Å². The number of ether oxygens (including phenoxy) is 2. The molecule has 1 aromatic heterocycles. The number of carbonyl (C=O) groups is 1. The number of nitrogens with zero attached hydrogens (tertiary/aromatic N) is 2. The van der Waals surface area contributed by atoms with Crippen LogP contribution in [0.1, 0.15) is 11.1 Å². The number of methoxy groups -OCH3 is 1. The molecule has 1 amide bonds. The van der Waals surface area contributed by atoms with Crippen LogP contribution in [0.4, 0.5) is 0 Å². The molecule has 0 unspecified atom stereocenters. The summed E-state index contributed by atoms with van der Waals surface area (Å²) in [6.07, 6.45) is 9.33. The third-order valence-corrected chi connectivity index (χ3v) is 4.39. The lowest BCUT2D eigenvalue weighted by Gasteiger charge is -2.09. The van der Waals surface area contributed by atoms with Crippen LogP contribution in [0.3, 0.4) is 0 Å². The average molecular weight is 403 g/mol. The number of nitrogens with one attached hydrogen (secondary N) is 1. The van der Waals surface area contributed by atoms with E-state index in [4.69, 9.17) is 9.47 Å². The van der Waals surface area contributed by atoms with Gasteiger partial charge in [-0.2, -0.15) is 5.10 Å². The molecule has 1 heterocycles. The first-order valence-corrected chi connectivity index (χ1v) is 9.66. The first kappa shape index (κ1) is 20.9. The molecule has 3 aromatic rings. The lowest BCUT2D eigenvalue weighted by atomic mass is 10.1. The fraction of sp³-hybridized carbons (Fsp3) is 0.167. The van der Waals surface area contributed by atoms with Crippen molar-refractivity contribution in [3.63, 3.8) is 0 Å². The van der Waals surface area contributed by atoms with Gasteiger partial charge in [-0.1, -0.05) is 30.9 Å². The highest BCUT2D eigenvalue weighted by Crippen LogP contribution is 2.28. The van der Waals surface area contributed by atoms with Crippen LogP contribution in [0.2, 0.25) is 0 Å². The standard InChI is InChI=1S/C24H25N3O3/c1-3-17-30-22-11-7-20(18-23(22)29-2)8-12-24(28)25-15-13-19-5-9-21(10-6-19)27-16-4-14-26-27/h3-12,14,16,18H,1,13,15,17H2,2H3,(H,25,28)/b12-8+. The SMILES string of the molecule is C=CCOc1ccc(/C=C/C(=O)NCCc2ccc(-n3cccn3)cc2)cc1OC. The molecule has 6 nitrogen and oxygen atoms in total. The second-order valence-electron chi connectivity index (χ2n) is 6.50. The van der Waals surface area contributed by atoms with Crippen LogP contribution < -0.4 is 14.8 Å². The maximum atomic E-state index is 12.1. The van der Waals surface area contributed by atoms with Crippen molar-refractivity contribution in [2.75, 3.05) is 20.3 Å². The van der Waals surface area contributed by atoms with E-state index in [1.807, 2.05) is 59.4 Å². The number of benzene rings is 2. The van der Waals surface area contributed by atoms with Crippen molar-refractivity contribution in [1.82, 2.24) is 15.1 Å². The zero-order valence-electron chi connectivity index (χ0n) is 17.0. The highest BCUT2D eigenvalue weighted by atomic mass is 16.5. The third-order valence-electron chi connectivity index (χ3n) is 4.39. The van der Waals surface area contributed by atoms with E-state index in [1.54, 1.807) is 25.5 Å². The van der Waals surface area contributed by atoms with Gasteiger partial charge in [0.05, 0.1) is 12.8 Å². The van der Waals surface area contributed by atoms with Gasteiger partial charge in [0.2, 0.25) is 5.91 Å². The third kappa shape index (κ3) is 5.85. The van der Waals surface area contributed by atoms with E-state index < -0.39 is 0 Å². The molecule has 6 heteroatoms. The van der Waals surface area contributed by atoms with Crippen LogP contribution in [0.25, 0.3) is 11.8 Å². The average Bonchev–Trinajstić information content (AvgIpc) is 3.32. The Balaban J connectivity index is 1.48. The van der Waals surface area contributed by atoms with Crippen molar-refractivity contribution < 1.29 is 14.3 Å². The van der Waals surface area contributed by atoms with Gasteiger partial charge in [-0.15, -0.1) is 0 Å². The fourth-order valence-electron chi connectivity index (χ4n) is 2.85. The van der Waals surface area contributed by atoms with Crippen molar-refractivity contribution in [3.8, 4) is 17.2 Å². The minimum absolute atomic E-state index is 0.144. The Morgan fingerprint density at radius 1 is 1.20 bits per heavy atom. The van der Waals surface area contributed by atoms with Crippen LogP contribution >= 0.6 is 0 Å². The number of amides is 1. The largest absolute Gasteiger partial charge is 0.493 e. The van der Waals surface area contributed by atoms with E-state index in [0.717, 1.165) is 23.2 Å². The van der Waals surface area contributed by atoms with E-state index in [9.17, 15) is 4.79 Å². The van der Waals surface area contributed by atoms with Crippen LogP contribution in [-0.2, 0) is 11.2 Å². The monoisotopic (exact) mass is 403 g/mol. The number of rotatable bonds is 10. The fourth-order valence-corrected chi connectivity index (χ4v) is 2.85. The summed E-state index contributed by atoms with van der Waals surface area (Å²) in [7, 11) is 1.58. The second kappa shape index (κ2) is 10.7. The van der Waals surface area contributed by atoms with Crippen molar-refractivity contribution in [3.05, 3.63) is 90.8 Å². The zero-order valence-corrected chi connectivity index (χ0v) is 17.0. The lowest BCUT2D eigenvalue weighted by Crippen LogP contribution is -2.23. The molecule has 0 saturated carbocycles. The zero-order chi connectivity index (χ0) is 21.2. The summed E-state index contributed by atoms with van der Waals surface area (Å²) < 4.78 is 12.7. The summed E-state index contributed by atoms with van der Waals surface area (Å²) in [4.78, 5) is 12.1. The molecule has 2 aromatic carbocycles. The van der Waals surface area contributed by atoms with E-state index >= 15 is 0 Å². The summed E-state index contributed by atoms with van der Waals surface area (Å²) in [5.74, 6) is 1.10. The van der Waals surface area contributed by atoms with Gasteiger partial charge < -0.3 is 14.8 Å². The van der Waals surface area contributed by atoms with Crippen LogP contribution in [-0.4, -0.2) is 35.9 Å². The molecule has 0 spiro atoms. The summed E-state index contributed by atoms with van der Waals surface area (Å²) in [6, 6.07) is 15.5. The number of hydrogen-bond acceptors (Lipinski definition) is 4. The molecule has 0 aliphatic heterocycles. The molecule has 0 aliphatic carbocycles. The van der Waals surface area contributed by atoms with Gasteiger partial charge in [-0.25, -0.2) is 4.68 Å². The summed E-state index contributed by atoms with van der Waals surface area (Å²) in [5.41, 5.74) is 3.00. The molecular weight excluding hydrogens is 378 g/mol. The Bertz CT molecular complexity index is 993. The summed E-state index contributed by atoms with van der Waals surface area (Å²) in [5, 5.41) is 7.11. The minimum Gasteiger partial charge on any atom is -0.493 e. The Labute approximate surface area is 176 Å². The van der Waals surface area contributed by atoms with E-state index in [2.05, 4.69) is 17.0 Å². The normalized spacial score (nSPS) is 10.7. The molecule has 154 valence electrons. The van der Waals surface area contributed by atoms with E-state index in [1.165, 1.54) is 6.08 Å². The van der Waals surface area contributed by atoms with Gasteiger partial charge >= 0.3 is 0 Å². The number of hydrogen-bond donors (Lipinski definition) is 1. The van der Waals surface area contributed by atoms with Gasteiger partial charge in [0.15, 0.2) is 11.5 Å². The molecule has 0 atom stereocenters. The second-order valence-corrected chi connectivity index (χ2v) is 6.50. The van der Waals surface area contributed by atoms with Gasteiger partial charge in [0, 0.05) is 25.0 Å². The molecular formula is C24H25N3O3. The highest BCUT2D eigenvalue weighted by molar-refractivity contribution is 5.91. The quantitative estimate of drug-likeness (QED) is 0.413. The van der Waals surface area contributed by atoms with E-state index in [0.29, 0.717) is 24.7 Å². The Hall–Kier alpha value is -3.80. The first-order valence-electron chi connectivity index (χ1n) is 9.66. The number of carbonyl (C=O) groups excluding carboxylic acids is 1. The van der Waals surface area contributed by atoms with Gasteiger partial charge in [0.1, 0.15) is 6.61 Å². The Morgan fingerprint density at radius 2 is 2.03 bits per heavy atom. The Kier molecular flexibility index (Phi) is 7.44. The smallest absolute Gasteiger partial charge is 0.244 e. The van der Waals surface area contributed by atoms with Crippen LogP contribution in [0.5, 0.6) is 11.5 Å². The van der Waals surface area contributed by atoms with E-state index in [-0.39, 0.29) is 5.91 Å². The van der Waals surface area contributed by atoms with Crippen LogP contribution in [0.15, 0.2) is 79.7 Å². The molecule has 0 saturated heterocycles. The minimum atomic E-state index is -0.144. The highest BCUT2D eigenvalue weighted by Gasteiger charge is 2.04. The molecule has 30 heavy (non-hydrogen) atoms. The molecule has 0 radical (unpaired) electrons. The van der Waals surface area contributed by atoms with Gasteiger partial charge in [-0.3, -0.25) is 4.79 Å². The predicted molar refractivity (Wildman–Crippen MR) is 118 cm³/mol. The number of aromatic nitrogens is 2. The molecule has 0 aliphatic rings. The molecule has 0 bridgehead atoms. The van der Waals surface area contributed by atoms with Crippen molar-refractivity contribution >= 4 is 12.0 Å². The summed E-state index contributed by atoms with van der Waals surface area (Å²) >= 11 is 0. The van der Waals surface area contributed by atoms with Crippen LogP contribution in [0, 0.1) is 0 Å².